The molecule has 0 atom stereocenters. The van der Waals surface area contributed by atoms with E-state index in [4.69, 9.17) is 9.47 Å². The summed E-state index contributed by atoms with van der Waals surface area (Å²) >= 11 is 0. The van der Waals surface area contributed by atoms with Crippen molar-refractivity contribution < 1.29 is 14.3 Å². The van der Waals surface area contributed by atoms with E-state index in [1.165, 1.54) is 0 Å². The topological polar surface area (TPSA) is 60.5 Å². The van der Waals surface area contributed by atoms with Crippen LogP contribution in [0.1, 0.15) is 41.3 Å². The molecule has 1 heterocycles. The van der Waals surface area contributed by atoms with Crippen LogP contribution in [0.2, 0.25) is 0 Å². The quantitative estimate of drug-likeness (QED) is 0.329. The van der Waals surface area contributed by atoms with E-state index in [9.17, 15) is 4.79 Å². The summed E-state index contributed by atoms with van der Waals surface area (Å²) < 4.78 is 11.4. The van der Waals surface area contributed by atoms with Gasteiger partial charge in [0.2, 0.25) is 0 Å². The highest BCUT2D eigenvalue weighted by molar-refractivity contribution is 5.97. The van der Waals surface area contributed by atoms with Crippen LogP contribution >= 0.6 is 0 Å². The van der Waals surface area contributed by atoms with Crippen LogP contribution in [0.4, 0.5) is 5.82 Å². The number of nitrogens with one attached hydrogen (secondary N) is 1. The van der Waals surface area contributed by atoms with Gasteiger partial charge in [-0.25, -0.2) is 9.78 Å². The maximum atomic E-state index is 12.0. The van der Waals surface area contributed by atoms with Crippen LogP contribution in [0, 0.1) is 6.92 Å². The van der Waals surface area contributed by atoms with Crippen molar-refractivity contribution in [3.05, 3.63) is 95.7 Å². The number of anilines is 1. The lowest BCUT2D eigenvalue weighted by atomic mass is 10.0. The molecule has 0 unspecified atom stereocenters. The van der Waals surface area contributed by atoms with Crippen molar-refractivity contribution in [2.24, 2.45) is 0 Å². The Labute approximate surface area is 193 Å². The molecule has 166 valence electrons. The number of aromatic nitrogens is 1. The molecule has 5 nitrogen and oxygen atoms in total. The average molecular weight is 439 g/mol. The molecular weight excluding hydrogens is 412 g/mol. The van der Waals surface area contributed by atoms with Gasteiger partial charge >= 0.3 is 5.97 Å². The van der Waals surface area contributed by atoms with Crippen molar-refractivity contribution in [1.82, 2.24) is 4.98 Å². The third kappa shape index (κ3) is 4.27. The summed E-state index contributed by atoms with van der Waals surface area (Å²) in [6.45, 7) is 4.23. The Morgan fingerprint density at radius 3 is 2.55 bits per heavy atom. The molecule has 0 saturated heterocycles. The van der Waals surface area contributed by atoms with E-state index < -0.39 is 0 Å². The van der Waals surface area contributed by atoms with Gasteiger partial charge in [0.25, 0.3) is 0 Å². The van der Waals surface area contributed by atoms with Crippen LogP contribution in [0.5, 0.6) is 11.5 Å². The number of esters is 1. The maximum Gasteiger partial charge on any atom is 0.338 e. The molecule has 1 fully saturated rings. The Morgan fingerprint density at radius 1 is 1.03 bits per heavy atom. The second-order valence-electron chi connectivity index (χ2n) is 8.44. The molecule has 1 aromatic heterocycles. The lowest BCUT2D eigenvalue weighted by molar-refractivity contribution is 0.0526. The third-order valence-electron chi connectivity index (χ3n) is 6.03. The second kappa shape index (κ2) is 8.58. The largest absolute Gasteiger partial charge is 0.462 e. The Morgan fingerprint density at radius 2 is 1.82 bits per heavy atom. The van der Waals surface area contributed by atoms with E-state index in [0.29, 0.717) is 12.2 Å². The van der Waals surface area contributed by atoms with Crippen LogP contribution in [-0.2, 0) is 10.3 Å². The number of carbonyl (C=O) groups excluding carboxylic acids is 1. The lowest BCUT2D eigenvalue weighted by Crippen LogP contribution is -2.20. The number of aryl methyl sites for hydroxylation is 1. The molecule has 3 aromatic carbocycles. The first-order chi connectivity index (χ1) is 16.1. The van der Waals surface area contributed by atoms with Crippen LogP contribution < -0.4 is 10.1 Å². The first kappa shape index (κ1) is 21.0. The monoisotopic (exact) mass is 438 g/mol. The first-order valence-corrected chi connectivity index (χ1v) is 11.3. The summed E-state index contributed by atoms with van der Waals surface area (Å²) in [5.41, 5.74) is 2.64. The highest BCUT2D eigenvalue weighted by Crippen LogP contribution is 2.49. The second-order valence-corrected chi connectivity index (χ2v) is 8.44. The molecule has 1 aliphatic carbocycles. The molecule has 0 spiro atoms. The molecular formula is C28H26N2O3. The molecule has 1 N–H and O–H groups in total. The smallest absolute Gasteiger partial charge is 0.338 e. The summed E-state index contributed by atoms with van der Waals surface area (Å²) in [4.78, 5) is 16.7. The van der Waals surface area contributed by atoms with Gasteiger partial charge in [-0.1, -0.05) is 36.4 Å². The lowest BCUT2D eigenvalue weighted by Gasteiger charge is -2.21. The van der Waals surface area contributed by atoms with E-state index >= 15 is 0 Å². The normalized spacial score (nSPS) is 14.0. The number of fused-ring (bicyclic) bond motifs is 1. The van der Waals surface area contributed by atoms with Crippen LogP contribution in [0.25, 0.3) is 10.8 Å². The van der Waals surface area contributed by atoms with Crippen LogP contribution in [-0.4, -0.2) is 17.6 Å². The van der Waals surface area contributed by atoms with Crippen molar-refractivity contribution in [2.45, 2.75) is 32.2 Å². The number of ether oxygens (including phenoxy) is 2. The number of hydrogen-bond donors (Lipinski definition) is 1. The maximum absolute atomic E-state index is 12.0. The summed E-state index contributed by atoms with van der Waals surface area (Å²) in [6, 6.07) is 23.7. The van der Waals surface area contributed by atoms with Gasteiger partial charge < -0.3 is 14.8 Å². The predicted octanol–water partition coefficient (Wildman–Crippen LogP) is 6.61. The van der Waals surface area contributed by atoms with E-state index in [0.717, 1.165) is 52.1 Å². The number of benzene rings is 3. The fourth-order valence-electron chi connectivity index (χ4n) is 4.16. The molecule has 5 heteroatoms. The highest BCUT2D eigenvalue weighted by Gasteiger charge is 2.45. The van der Waals surface area contributed by atoms with Gasteiger partial charge in [0.05, 0.1) is 23.1 Å². The fourth-order valence-corrected chi connectivity index (χ4v) is 4.16. The van der Waals surface area contributed by atoms with Crippen molar-refractivity contribution in [3.8, 4) is 11.5 Å². The van der Waals surface area contributed by atoms with Gasteiger partial charge in [0.15, 0.2) is 0 Å². The summed E-state index contributed by atoms with van der Waals surface area (Å²) in [6.07, 6.45) is 3.80. The molecule has 5 rings (SSSR count). The molecule has 0 aliphatic heterocycles. The van der Waals surface area contributed by atoms with E-state index in [1.807, 2.05) is 73.8 Å². The van der Waals surface area contributed by atoms with Gasteiger partial charge in [-0.05, 0) is 79.6 Å². The number of nitrogens with zero attached hydrogens (tertiary/aromatic N) is 1. The standard InChI is InChI=1S/C28H26N2O3/c1-3-32-27(31)21-10-12-22(13-11-21)28(15-16-28)30-26-25-20(14-17-29-26)7-5-9-24(25)33-23-8-4-6-19(2)18-23/h4-14,17-18H,3,15-16H2,1-2H3,(H,29,30). The van der Waals surface area contributed by atoms with Gasteiger partial charge in [0, 0.05) is 6.20 Å². The SMILES string of the molecule is CCOC(=O)c1ccc(C2(Nc3nccc4cccc(Oc5cccc(C)c5)c34)CC2)cc1. The number of pyridine rings is 1. The number of hydrogen-bond acceptors (Lipinski definition) is 5. The summed E-state index contributed by atoms with van der Waals surface area (Å²) in [7, 11) is 0. The fraction of sp³-hybridized carbons (Fsp3) is 0.214. The van der Waals surface area contributed by atoms with Crippen molar-refractivity contribution in [1.29, 1.82) is 0 Å². The van der Waals surface area contributed by atoms with Crippen molar-refractivity contribution >= 4 is 22.6 Å². The molecule has 0 radical (unpaired) electrons. The zero-order valence-corrected chi connectivity index (χ0v) is 18.8. The Kier molecular flexibility index (Phi) is 5.47. The van der Waals surface area contributed by atoms with Crippen molar-refractivity contribution in [2.75, 3.05) is 11.9 Å². The first-order valence-electron chi connectivity index (χ1n) is 11.3. The molecule has 4 aromatic rings. The molecule has 1 saturated carbocycles. The molecule has 1 aliphatic rings. The third-order valence-corrected chi connectivity index (χ3v) is 6.03. The zero-order valence-electron chi connectivity index (χ0n) is 18.8. The minimum Gasteiger partial charge on any atom is -0.462 e. The Bertz CT molecular complexity index is 1310. The molecule has 0 bridgehead atoms. The minimum absolute atomic E-state index is 0.203. The molecule has 0 amide bonds. The van der Waals surface area contributed by atoms with Gasteiger partial charge in [0.1, 0.15) is 17.3 Å². The highest BCUT2D eigenvalue weighted by atomic mass is 16.5. The van der Waals surface area contributed by atoms with Crippen LogP contribution in [0.15, 0.2) is 79.0 Å². The number of carbonyl (C=O) groups is 1. The van der Waals surface area contributed by atoms with E-state index in [1.54, 1.807) is 0 Å². The van der Waals surface area contributed by atoms with Gasteiger partial charge in [-0.3, -0.25) is 0 Å². The Balaban J connectivity index is 1.47. The summed E-state index contributed by atoms with van der Waals surface area (Å²) in [5.74, 6) is 2.06. The van der Waals surface area contributed by atoms with Crippen molar-refractivity contribution in [3.63, 3.8) is 0 Å². The molecule has 33 heavy (non-hydrogen) atoms. The van der Waals surface area contributed by atoms with E-state index in [-0.39, 0.29) is 11.5 Å². The average Bonchev–Trinajstić information content (AvgIpc) is 3.60. The van der Waals surface area contributed by atoms with Gasteiger partial charge in [-0.15, -0.1) is 0 Å². The zero-order chi connectivity index (χ0) is 22.8. The van der Waals surface area contributed by atoms with Gasteiger partial charge in [-0.2, -0.15) is 0 Å². The number of rotatable bonds is 7. The Hall–Kier alpha value is -3.86. The van der Waals surface area contributed by atoms with Crippen LogP contribution in [0.3, 0.4) is 0 Å². The minimum atomic E-state index is -0.296. The van der Waals surface area contributed by atoms with E-state index in [2.05, 4.69) is 29.4 Å². The predicted molar refractivity (Wildman–Crippen MR) is 130 cm³/mol. The summed E-state index contributed by atoms with van der Waals surface area (Å²) in [5, 5.41) is 5.71.